The van der Waals surface area contributed by atoms with Crippen LogP contribution in [-0.4, -0.2) is 18.4 Å². The van der Waals surface area contributed by atoms with Crippen LogP contribution in [-0.2, 0) is 4.79 Å². The minimum Gasteiger partial charge on any atom is -0.351 e. The molecule has 0 atom stereocenters. The Kier molecular flexibility index (Phi) is 5.81. The van der Waals surface area contributed by atoms with Gasteiger partial charge in [-0.3, -0.25) is 9.59 Å². The van der Waals surface area contributed by atoms with Gasteiger partial charge >= 0.3 is 0 Å². The van der Waals surface area contributed by atoms with E-state index in [0.29, 0.717) is 6.07 Å². The Morgan fingerprint density at radius 1 is 1.00 bits per heavy atom. The van der Waals surface area contributed by atoms with Crippen LogP contribution >= 0.6 is 11.6 Å². The zero-order chi connectivity index (χ0) is 17.7. The van der Waals surface area contributed by atoms with Gasteiger partial charge in [0.05, 0.1) is 16.3 Å². The first-order chi connectivity index (χ1) is 11.4. The lowest BCUT2D eigenvalue weighted by molar-refractivity contribution is -0.116. The SMILES string of the molecule is O=C(CCNC(=O)c1ccc(F)cc1Cl)Nc1ccc(F)cc1F. The van der Waals surface area contributed by atoms with Crippen LogP contribution in [0.25, 0.3) is 0 Å². The Hall–Kier alpha value is -2.54. The lowest BCUT2D eigenvalue weighted by atomic mass is 10.2. The van der Waals surface area contributed by atoms with Crippen molar-refractivity contribution >= 4 is 29.1 Å². The van der Waals surface area contributed by atoms with Crippen LogP contribution in [0.15, 0.2) is 36.4 Å². The van der Waals surface area contributed by atoms with Crippen molar-refractivity contribution in [1.29, 1.82) is 0 Å². The van der Waals surface area contributed by atoms with Crippen molar-refractivity contribution in [3.8, 4) is 0 Å². The van der Waals surface area contributed by atoms with Crippen molar-refractivity contribution in [3.05, 3.63) is 64.4 Å². The summed E-state index contributed by atoms with van der Waals surface area (Å²) in [6.45, 7) is -0.0405. The highest BCUT2D eigenvalue weighted by atomic mass is 35.5. The van der Waals surface area contributed by atoms with Crippen molar-refractivity contribution in [3.63, 3.8) is 0 Å². The highest BCUT2D eigenvalue weighted by Gasteiger charge is 2.12. The predicted molar refractivity (Wildman–Crippen MR) is 83.3 cm³/mol. The third-order valence-electron chi connectivity index (χ3n) is 3.02. The topological polar surface area (TPSA) is 58.2 Å². The number of anilines is 1. The second-order valence-electron chi connectivity index (χ2n) is 4.80. The van der Waals surface area contributed by atoms with Gasteiger partial charge in [-0.1, -0.05) is 11.6 Å². The first-order valence-electron chi connectivity index (χ1n) is 6.85. The van der Waals surface area contributed by atoms with Crippen LogP contribution in [0.3, 0.4) is 0 Å². The Morgan fingerprint density at radius 2 is 1.67 bits per heavy atom. The Morgan fingerprint density at radius 3 is 2.33 bits per heavy atom. The normalized spacial score (nSPS) is 10.3. The van der Waals surface area contributed by atoms with E-state index in [9.17, 15) is 22.8 Å². The lowest BCUT2D eigenvalue weighted by Crippen LogP contribution is -2.28. The quantitative estimate of drug-likeness (QED) is 0.861. The highest BCUT2D eigenvalue weighted by Crippen LogP contribution is 2.17. The standard InChI is InChI=1S/C16H12ClF3N2O2/c17-12-7-9(18)1-3-11(12)16(24)21-6-5-15(23)22-14-4-2-10(19)8-13(14)20/h1-4,7-8H,5-6H2,(H,21,24)(H,22,23). The molecule has 0 spiro atoms. The number of amides is 2. The van der Waals surface area contributed by atoms with E-state index in [1.165, 1.54) is 6.07 Å². The number of halogens is 4. The van der Waals surface area contributed by atoms with Crippen molar-refractivity contribution in [2.24, 2.45) is 0 Å². The van der Waals surface area contributed by atoms with Crippen molar-refractivity contribution in [1.82, 2.24) is 5.32 Å². The zero-order valence-corrected chi connectivity index (χ0v) is 13.0. The monoisotopic (exact) mass is 356 g/mol. The molecule has 0 saturated carbocycles. The number of benzene rings is 2. The summed E-state index contributed by atoms with van der Waals surface area (Å²) in [5, 5.41) is 4.65. The molecule has 126 valence electrons. The fraction of sp³-hybridized carbons (Fsp3) is 0.125. The summed E-state index contributed by atoms with van der Waals surface area (Å²) in [5.41, 5.74) is -0.0858. The smallest absolute Gasteiger partial charge is 0.252 e. The van der Waals surface area contributed by atoms with E-state index in [1.807, 2.05) is 0 Å². The van der Waals surface area contributed by atoms with Gasteiger partial charge in [0.1, 0.15) is 17.5 Å². The molecule has 24 heavy (non-hydrogen) atoms. The van der Waals surface area contributed by atoms with E-state index in [4.69, 9.17) is 11.6 Å². The predicted octanol–water partition coefficient (Wildman–Crippen LogP) is 3.52. The molecule has 8 heteroatoms. The first kappa shape index (κ1) is 17.8. The molecule has 0 aliphatic carbocycles. The number of nitrogens with one attached hydrogen (secondary N) is 2. The van der Waals surface area contributed by atoms with Crippen LogP contribution in [0, 0.1) is 17.5 Å². The molecule has 0 aromatic heterocycles. The second kappa shape index (κ2) is 7.83. The molecule has 0 aliphatic heterocycles. The molecule has 2 amide bonds. The number of carbonyl (C=O) groups is 2. The molecule has 0 unspecified atom stereocenters. The summed E-state index contributed by atoms with van der Waals surface area (Å²) in [6.07, 6.45) is -0.138. The molecule has 2 N–H and O–H groups in total. The Balaban J connectivity index is 1.85. The van der Waals surface area contributed by atoms with E-state index in [1.54, 1.807) is 0 Å². The molecule has 2 aromatic rings. The largest absolute Gasteiger partial charge is 0.351 e. The van der Waals surface area contributed by atoms with Crippen molar-refractivity contribution in [2.45, 2.75) is 6.42 Å². The van der Waals surface area contributed by atoms with Crippen LogP contribution in [0.4, 0.5) is 18.9 Å². The maximum absolute atomic E-state index is 13.4. The van der Waals surface area contributed by atoms with Gasteiger partial charge < -0.3 is 10.6 Å². The van der Waals surface area contributed by atoms with Gasteiger partial charge in [-0.15, -0.1) is 0 Å². The molecule has 2 rings (SSSR count). The molecular formula is C16H12ClF3N2O2. The maximum atomic E-state index is 13.4. The third-order valence-corrected chi connectivity index (χ3v) is 3.33. The Labute approximate surface area is 140 Å². The molecule has 0 saturated heterocycles. The fourth-order valence-corrected chi connectivity index (χ4v) is 2.12. The number of rotatable bonds is 5. The molecule has 0 bridgehead atoms. The average molecular weight is 357 g/mol. The van der Waals surface area contributed by atoms with Gasteiger partial charge in [-0.05, 0) is 30.3 Å². The molecular weight excluding hydrogens is 345 g/mol. The number of hydrogen-bond acceptors (Lipinski definition) is 2. The third kappa shape index (κ3) is 4.73. The molecule has 4 nitrogen and oxygen atoms in total. The molecule has 0 heterocycles. The molecule has 0 fully saturated rings. The van der Waals surface area contributed by atoms with E-state index in [2.05, 4.69) is 10.6 Å². The van der Waals surface area contributed by atoms with Gasteiger partial charge in [0.2, 0.25) is 5.91 Å². The minimum absolute atomic E-state index is 0.0405. The van der Waals surface area contributed by atoms with Gasteiger partial charge in [0.25, 0.3) is 5.91 Å². The number of hydrogen-bond donors (Lipinski definition) is 2. The van der Waals surface area contributed by atoms with Crippen LogP contribution in [0.1, 0.15) is 16.8 Å². The summed E-state index contributed by atoms with van der Waals surface area (Å²) in [6, 6.07) is 6.07. The van der Waals surface area contributed by atoms with Crippen LogP contribution in [0.2, 0.25) is 5.02 Å². The molecule has 2 aromatic carbocycles. The zero-order valence-electron chi connectivity index (χ0n) is 12.2. The van der Waals surface area contributed by atoms with Crippen molar-refractivity contribution in [2.75, 3.05) is 11.9 Å². The first-order valence-corrected chi connectivity index (χ1v) is 7.23. The highest BCUT2D eigenvalue weighted by molar-refractivity contribution is 6.33. The maximum Gasteiger partial charge on any atom is 0.252 e. The summed E-state index contributed by atoms with van der Waals surface area (Å²) in [4.78, 5) is 23.5. The Bertz CT molecular complexity index is 784. The summed E-state index contributed by atoms with van der Waals surface area (Å²) in [5.74, 6) is -3.36. The fourth-order valence-electron chi connectivity index (χ4n) is 1.86. The van der Waals surface area contributed by atoms with Crippen LogP contribution in [0.5, 0.6) is 0 Å². The minimum atomic E-state index is -0.898. The van der Waals surface area contributed by atoms with Gasteiger partial charge in [0, 0.05) is 19.0 Å². The lowest BCUT2D eigenvalue weighted by Gasteiger charge is -2.08. The van der Waals surface area contributed by atoms with E-state index < -0.39 is 29.3 Å². The molecule has 0 aliphatic rings. The van der Waals surface area contributed by atoms with E-state index in [-0.39, 0.29) is 29.2 Å². The van der Waals surface area contributed by atoms with E-state index in [0.717, 1.165) is 24.3 Å². The summed E-state index contributed by atoms with van der Waals surface area (Å²) >= 11 is 5.75. The summed E-state index contributed by atoms with van der Waals surface area (Å²) in [7, 11) is 0. The molecule has 0 radical (unpaired) electrons. The van der Waals surface area contributed by atoms with Crippen molar-refractivity contribution < 1.29 is 22.8 Å². The number of carbonyl (C=O) groups excluding carboxylic acids is 2. The van der Waals surface area contributed by atoms with Gasteiger partial charge in [0.15, 0.2) is 0 Å². The van der Waals surface area contributed by atoms with Gasteiger partial charge in [-0.25, -0.2) is 13.2 Å². The summed E-state index contributed by atoms with van der Waals surface area (Å²) < 4.78 is 39.1. The average Bonchev–Trinajstić information content (AvgIpc) is 2.50. The second-order valence-corrected chi connectivity index (χ2v) is 5.21. The van der Waals surface area contributed by atoms with Crippen LogP contribution < -0.4 is 10.6 Å². The van der Waals surface area contributed by atoms with Gasteiger partial charge in [-0.2, -0.15) is 0 Å². The van der Waals surface area contributed by atoms with E-state index >= 15 is 0 Å².